The van der Waals surface area contributed by atoms with E-state index in [4.69, 9.17) is 0 Å². The molecule has 7 heavy (non-hydrogen) atoms. The molecule has 1 rings (SSSR count). The normalized spacial score (nSPS) is 8.71. The Morgan fingerprint density at radius 2 is 2.29 bits per heavy atom. The fourth-order valence-electron chi connectivity index (χ4n) is 0.334. The van der Waals surface area contributed by atoms with Gasteiger partial charge in [0.25, 0.3) is 0 Å². The van der Waals surface area contributed by atoms with Crippen LogP contribution in [-0.2, 0) is 18.9 Å². The van der Waals surface area contributed by atoms with E-state index in [1.165, 1.54) is 0 Å². The Morgan fingerprint density at radius 3 is 2.57 bits per heavy atom. The van der Waals surface area contributed by atoms with Crippen LogP contribution in [0.3, 0.4) is 0 Å². The van der Waals surface area contributed by atoms with Crippen molar-refractivity contribution in [1.82, 2.24) is 4.98 Å². The number of hydrogen-bond acceptors (Lipinski definition) is 1. The summed E-state index contributed by atoms with van der Waals surface area (Å²) in [6.07, 6.45) is 1.79. The molecule has 0 unspecified atom stereocenters. The van der Waals surface area contributed by atoms with Gasteiger partial charge in [-0.15, -0.1) is 0 Å². The minimum absolute atomic E-state index is 1.07. The van der Waals surface area contributed by atoms with E-state index in [-0.39, 0.29) is 0 Å². The molecule has 1 heterocycles. The zero-order chi connectivity index (χ0) is 5.11. The third kappa shape index (κ3) is 1.38. The van der Waals surface area contributed by atoms with Gasteiger partial charge >= 0.3 is 52.5 Å². The van der Waals surface area contributed by atoms with Crippen LogP contribution in [0.5, 0.6) is 0 Å². The van der Waals surface area contributed by atoms with E-state index in [1.54, 1.807) is 6.20 Å². The molecule has 0 N–H and O–H groups in total. The molecular formula is C5H4IrN+2. The molecule has 0 aromatic carbocycles. The van der Waals surface area contributed by atoms with Crippen LogP contribution >= 0.6 is 0 Å². The maximum atomic E-state index is 3.98. The van der Waals surface area contributed by atoms with E-state index in [1.807, 2.05) is 37.1 Å². The summed E-state index contributed by atoms with van der Waals surface area (Å²) in [5.74, 6) is 0. The van der Waals surface area contributed by atoms with Gasteiger partial charge in [0, 0.05) is 0 Å². The van der Waals surface area contributed by atoms with Crippen molar-refractivity contribution in [2.45, 2.75) is 0 Å². The SMILES string of the molecule is [Ir+2][c]1ccccn1. The molecular weight excluding hydrogens is 266 g/mol. The van der Waals surface area contributed by atoms with Gasteiger partial charge in [-0.05, 0) is 0 Å². The molecule has 2 heteroatoms. The van der Waals surface area contributed by atoms with Crippen LogP contribution in [0, 0.1) is 0 Å². The summed E-state index contributed by atoms with van der Waals surface area (Å²) in [6.45, 7) is 0. The van der Waals surface area contributed by atoms with Crippen LogP contribution in [0.1, 0.15) is 0 Å². The first-order valence-electron chi connectivity index (χ1n) is 1.94. The average Bonchev–Trinajstić information content (AvgIpc) is 1.69. The summed E-state index contributed by atoms with van der Waals surface area (Å²) in [5, 5.41) is 0. The van der Waals surface area contributed by atoms with Crippen molar-refractivity contribution in [3.8, 4) is 0 Å². The predicted molar refractivity (Wildman–Crippen MR) is 23.9 cm³/mol. The van der Waals surface area contributed by atoms with Crippen LogP contribution in [0.15, 0.2) is 24.4 Å². The summed E-state index contributed by atoms with van der Waals surface area (Å²) in [6, 6.07) is 5.86. The van der Waals surface area contributed by atoms with Gasteiger partial charge in [-0.2, -0.15) is 0 Å². The van der Waals surface area contributed by atoms with Gasteiger partial charge < -0.3 is 0 Å². The second kappa shape index (κ2) is 2.20. The molecule has 0 spiro atoms. The topological polar surface area (TPSA) is 12.9 Å². The Labute approximate surface area is 52.9 Å². The van der Waals surface area contributed by atoms with E-state index < -0.39 is 0 Å². The van der Waals surface area contributed by atoms with E-state index in [0.29, 0.717) is 0 Å². The van der Waals surface area contributed by atoms with Crippen molar-refractivity contribution in [3.63, 3.8) is 0 Å². The van der Waals surface area contributed by atoms with Crippen molar-refractivity contribution in [1.29, 1.82) is 0 Å². The Morgan fingerprint density at radius 1 is 1.43 bits per heavy atom. The van der Waals surface area contributed by atoms with Gasteiger partial charge in [0.2, 0.25) is 0 Å². The molecule has 36 valence electrons. The zero-order valence-electron chi connectivity index (χ0n) is 3.59. The first-order chi connectivity index (χ1) is 3.39. The molecule has 0 radical (unpaired) electrons. The van der Waals surface area contributed by atoms with E-state index in [9.17, 15) is 0 Å². The zero-order valence-corrected chi connectivity index (χ0v) is 5.99. The molecule has 0 amide bonds. The Kier molecular flexibility index (Phi) is 1.55. The van der Waals surface area contributed by atoms with Crippen LogP contribution < -0.4 is 4.21 Å². The number of pyridine rings is 1. The molecule has 1 aromatic heterocycles. The van der Waals surface area contributed by atoms with Gasteiger partial charge in [-0.25, -0.2) is 0 Å². The number of rotatable bonds is 0. The van der Waals surface area contributed by atoms with Crippen LogP contribution in [-0.4, -0.2) is 4.98 Å². The number of aromatic nitrogens is 1. The van der Waals surface area contributed by atoms with E-state index in [0.717, 1.165) is 4.21 Å². The summed E-state index contributed by atoms with van der Waals surface area (Å²) in [7, 11) is 0. The Hall–Kier alpha value is -0.201. The Bertz CT molecular complexity index is 138. The predicted octanol–water partition coefficient (Wildman–Crippen LogP) is 0.254. The second-order valence-electron chi connectivity index (χ2n) is 1.13. The van der Waals surface area contributed by atoms with Gasteiger partial charge in [0.15, 0.2) is 0 Å². The first kappa shape index (κ1) is 4.95. The second-order valence-corrected chi connectivity index (χ2v) is 2.36. The van der Waals surface area contributed by atoms with Crippen molar-refractivity contribution in [3.05, 3.63) is 24.4 Å². The van der Waals surface area contributed by atoms with Gasteiger partial charge in [0.1, 0.15) is 0 Å². The van der Waals surface area contributed by atoms with Crippen molar-refractivity contribution >= 4 is 4.21 Å². The fraction of sp³-hybridized carbons (Fsp3) is 0. The molecule has 1 nitrogen and oxygen atoms in total. The molecule has 0 saturated heterocycles. The number of hydrogen-bond donors (Lipinski definition) is 0. The monoisotopic (exact) mass is 271 g/mol. The molecule has 0 aliphatic rings. The molecule has 0 fully saturated rings. The average molecular weight is 270 g/mol. The summed E-state index contributed by atoms with van der Waals surface area (Å²) >= 11 is 1.97. The minimum atomic E-state index is 1.07. The van der Waals surface area contributed by atoms with Crippen molar-refractivity contribution in [2.24, 2.45) is 0 Å². The third-order valence-electron chi connectivity index (χ3n) is 0.616. The third-order valence-corrected chi connectivity index (χ3v) is 1.32. The van der Waals surface area contributed by atoms with Gasteiger partial charge in [-0.1, -0.05) is 0 Å². The standard InChI is InChI=1S/C5H4N.Ir/c1-2-4-6-5-3-1;/h1-4H;/q;+2. The molecule has 0 saturated carbocycles. The van der Waals surface area contributed by atoms with Gasteiger partial charge in [0.05, 0.1) is 0 Å². The maximum absolute atomic E-state index is 3.98. The molecule has 0 atom stereocenters. The molecule has 1 aromatic rings. The number of nitrogens with zero attached hydrogens (tertiary/aromatic N) is 1. The van der Waals surface area contributed by atoms with Crippen LogP contribution in [0.4, 0.5) is 0 Å². The summed E-state index contributed by atoms with van der Waals surface area (Å²) in [5.41, 5.74) is 0. The summed E-state index contributed by atoms with van der Waals surface area (Å²) in [4.78, 5) is 3.98. The molecule has 0 aliphatic heterocycles. The van der Waals surface area contributed by atoms with Crippen molar-refractivity contribution < 1.29 is 18.9 Å². The van der Waals surface area contributed by atoms with Crippen LogP contribution in [0.25, 0.3) is 0 Å². The van der Waals surface area contributed by atoms with Gasteiger partial charge in [-0.3, -0.25) is 0 Å². The first-order valence-corrected chi connectivity index (χ1v) is 3.13. The summed E-state index contributed by atoms with van der Waals surface area (Å²) < 4.78 is 1.07. The van der Waals surface area contributed by atoms with E-state index >= 15 is 0 Å². The molecule has 0 bridgehead atoms. The van der Waals surface area contributed by atoms with E-state index in [2.05, 4.69) is 4.98 Å². The quantitative estimate of drug-likeness (QED) is 0.659. The fourth-order valence-corrected chi connectivity index (χ4v) is 0.743. The van der Waals surface area contributed by atoms with Crippen molar-refractivity contribution in [2.75, 3.05) is 0 Å². The van der Waals surface area contributed by atoms with Crippen LogP contribution in [0.2, 0.25) is 0 Å². The Balaban J connectivity index is 3.02. The molecule has 0 aliphatic carbocycles.